The first kappa shape index (κ1) is 14.4. The van der Waals surface area contributed by atoms with Crippen LogP contribution in [0.3, 0.4) is 0 Å². The van der Waals surface area contributed by atoms with Crippen molar-refractivity contribution in [1.29, 1.82) is 0 Å². The van der Waals surface area contributed by atoms with E-state index in [-0.39, 0.29) is 23.7 Å². The van der Waals surface area contributed by atoms with E-state index in [2.05, 4.69) is 10.1 Å². The molecular formula is C12H21NO3S. The molecule has 0 saturated carbocycles. The molecule has 0 aromatic heterocycles. The van der Waals surface area contributed by atoms with Gasteiger partial charge in [-0.3, -0.25) is 4.79 Å². The summed E-state index contributed by atoms with van der Waals surface area (Å²) in [5, 5.41) is 2.70. The highest BCUT2D eigenvalue weighted by Gasteiger charge is 2.32. The summed E-state index contributed by atoms with van der Waals surface area (Å²) < 4.78 is 4.59. The molecule has 0 aromatic rings. The summed E-state index contributed by atoms with van der Waals surface area (Å²) in [7, 11) is 1.32. The number of ketones is 1. The normalized spacial score (nSPS) is 18.8. The van der Waals surface area contributed by atoms with Gasteiger partial charge in [-0.2, -0.15) is 11.8 Å². The molecule has 1 fully saturated rings. The fourth-order valence-electron chi connectivity index (χ4n) is 2.02. The van der Waals surface area contributed by atoms with Gasteiger partial charge in [-0.05, 0) is 30.3 Å². The van der Waals surface area contributed by atoms with Crippen molar-refractivity contribution in [2.24, 2.45) is 11.8 Å². The lowest BCUT2D eigenvalue weighted by Gasteiger charge is -2.30. The minimum absolute atomic E-state index is 0.0632. The molecule has 1 atom stereocenters. The Labute approximate surface area is 107 Å². The van der Waals surface area contributed by atoms with Gasteiger partial charge in [0.15, 0.2) is 5.78 Å². The third-order valence-electron chi connectivity index (χ3n) is 3.07. The summed E-state index contributed by atoms with van der Waals surface area (Å²) in [5.41, 5.74) is 0. The third-order valence-corrected chi connectivity index (χ3v) is 4.12. The van der Waals surface area contributed by atoms with E-state index < -0.39 is 6.09 Å². The second-order valence-corrected chi connectivity index (χ2v) is 5.85. The molecule has 1 rings (SSSR count). The molecule has 1 amide bonds. The Hall–Kier alpha value is -0.710. The van der Waals surface area contributed by atoms with Gasteiger partial charge in [0.2, 0.25) is 0 Å². The molecule has 0 spiro atoms. The predicted octanol–water partition coefficient (Wildman–Crippen LogP) is 2.08. The number of hydrogen-bond acceptors (Lipinski definition) is 4. The number of alkyl carbamates (subject to hydrolysis) is 1. The van der Waals surface area contributed by atoms with Crippen LogP contribution in [0.5, 0.6) is 0 Å². The van der Waals surface area contributed by atoms with Gasteiger partial charge < -0.3 is 10.1 Å². The van der Waals surface area contributed by atoms with Crippen molar-refractivity contribution in [3.8, 4) is 0 Å². The van der Waals surface area contributed by atoms with Gasteiger partial charge in [0.25, 0.3) is 0 Å². The summed E-state index contributed by atoms with van der Waals surface area (Å²) in [6, 6.07) is -0.386. The number of methoxy groups -OCH3 is 1. The van der Waals surface area contributed by atoms with Gasteiger partial charge in [-0.15, -0.1) is 0 Å². The number of ether oxygens (including phenoxy) is 1. The van der Waals surface area contributed by atoms with Gasteiger partial charge >= 0.3 is 6.09 Å². The molecule has 1 saturated heterocycles. The molecule has 4 nitrogen and oxygen atoms in total. The molecule has 0 bridgehead atoms. The first-order chi connectivity index (χ1) is 8.06. The number of rotatable bonds is 4. The van der Waals surface area contributed by atoms with Crippen molar-refractivity contribution >= 4 is 23.6 Å². The third kappa shape index (κ3) is 4.22. The molecule has 1 heterocycles. The van der Waals surface area contributed by atoms with Crippen LogP contribution in [0.25, 0.3) is 0 Å². The topological polar surface area (TPSA) is 55.4 Å². The van der Waals surface area contributed by atoms with E-state index in [0.29, 0.717) is 0 Å². The number of carbonyl (C=O) groups excluding carboxylic acids is 2. The van der Waals surface area contributed by atoms with Crippen LogP contribution in [-0.4, -0.2) is 36.5 Å². The summed E-state index contributed by atoms with van der Waals surface area (Å²) >= 11 is 1.91. The van der Waals surface area contributed by atoms with E-state index >= 15 is 0 Å². The molecule has 98 valence electrons. The first-order valence-corrected chi connectivity index (χ1v) is 7.17. The number of carbonyl (C=O) groups is 2. The molecule has 0 unspecified atom stereocenters. The Morgan fingerprint density at radius 1 is 1.29 bits per heavy atom. The predicted molar refractivity (Wildman–Crippen MR) is 69.2 cm³/mol. The minimum Gasteiger partial charge on any atom is -0.453 e. The lowest BCUT2D eigenvalue weighted by Crippen LogP contribution is -2.48. The number of nitrogens with one attached hydrogen (secondary N) is 1. The first-order valence-electron chi connectivity index (χ1n) is 6.02. The van der Waals surface area contributed by atoms with Gasteiger partial charge in [0.05, 0.1) is 13.2 Å². The Morgan fingerprint density at radius 2 is 1.88 bits per heavy atom. The Bertz CT molecular complexity index is 275. The van der Waals surface area contributed by atoms with Gasteiger partial charge in [0, 0.05) is 5.92 Å². The zero-order valence-electron chi connectivity index (χ0n) is 10.7. The van der Waals surface area contributed by atoms with Crippen molar-refractivity contribution in [1.82, 2.24) is 5.32 Å². The van der Waals surface area contributed by atoms with Gasteiger partial charge in [-0.25, -0.2) is 4.79 Å². The van der Waals surface area contributed by atoms with Crippen molar-refractivity contribution in [3.63, 3.8) is 0 Å². The van der Waals surface area contributed by atoms with Crippen LogP contribution >= 0.6 is 11.8 Å². The molecule has 1 aliphatic rings. The number of thioether (sulfide) groups is 1. The Balaban J connectivity index is 2.69. The highest BCUT2D eigenvalue weighted by molar-refractivity contribution is 7.99. The zero-order valence-corrected chi connectivity index (χ0v) is 11.5. The Kier molecular flexibility index (Phi) is 5.82. The molecule has 5 heteroatoms. The summed E-state index contributed by atoms with van der Waals surface area (Å²) in [4.78, 5) is 23.4. The summed E-state index contributed by atoms with van der Waals surface area (Å²) in [5.74, 6) is 2.43. The van der Waals surface area contributed by atoms with Crippen LogP contribution in [0.1, 0.15) is 26.7 Å². The average Bonchev–Trinajstić information content (AvgIpc) is 2.35. The standard InChI is InChI=1S/C12H21NO3S/c1-8(2)11(14)10(13-12(15)16-3)9-4-6-17-7-5-9/h8-10H,4-7H2,1-3H3,(H,13,15)/t10-/m0/s1. The highest BCUT2D eigenvalue weighted by Crippen LogP contribution is 2.27. The van der Waals surface area contributed by atoms with Crippen molar-refractivity contribution in [2.75, 3.05) is 18.6 Å². The summed E-state index contributed by atoms with van der Waals surface area (Å²) in [6.07, 6.45) is 1.46. The van der Waals surface area contributed by atoms with Crippen LogP contribution in [0.15, 0.2) is 0 Å². The second kappa shape index (κ2) is 6.89. The minimum atomic E-state index is -0.512. The smallest absolute Gasteiger partial charge is 0.407 e. The van der Waals surface area contributed by atoms with Crippen molar-refractivity contribution < 1.29 is 14.3 Å². The quantitative estimate of drug-likeness (QED) is 0.840. The maximum Gasteiger partial charge on any atom is 0.407 e. The van der Waals surface area contributed by atoms with Crippen LogP contribution in [0, 0.1) is 11.8 Å². The average molecular weight is 259 g/mol. The van der Waals surface area contributed by atoms with Crippen molar-refractivity contribution in [3.05, 3.63) is 0 Å². The molecule has 1 aliphatic heterocycles. The van der Waals surface area contributed by atoms with E-state index in [0.717, 1.165) is 24.3 Å². The second-order valence-electron chi connectivity index (χ2n) is 4.62. The number of Topliss-reactive ketones (excluding diaryl/α,β-unsaturated/α-hetero) is 1. The molecule has 0 aliphatic carbocycles. The maximum atomic E-state index is 12.1. The number of hydrogen-bond donors (Lipinski definition) is 1. The van der Waals surface area contributed by atoms with Crippen LogP contribution in [0.4, 0.5) is 4.79 Å². The van der Waals surface area contributed by atoms with E-state index in [4.69, 9.17) is 0 Å². The Morgan fingerprint density at radius 3 is 2.35 bits per heavy atom. The molecule has 0 radical (unpaired) electrons. The maximum absolute atomic E-state index is 12.1. The van der Waals surface area contributed by atoms with Crippen LogP contribution in [-0.2, 0) is 9.53 Å². The van der Waals surface area contributed by atoms with E-state index in [1.54, 1.807) is 0 Å². The SMILES string of the molecule is COC(=O)N[C@H](C(=O)C(C)C)C1CCSCC1. The van der Waals surface area contributed by atoms with Gasteiger partial charge in [0.1, 0.15) is 0 Å². The monoisotopic (exact) mass is 259 g/mol. The lowest BCUT2D eigenvalue weighted by atomic mass is 9.87. The van der Waals surface area contributed by atoms with Crippen LogP contribution < -0.4 is 5.32 Å². The van der Waals surface area contributed by atoms with E-state index in [1.165, 1.54) is 7.11 Å². The molecule has 0 aromatic carbocycles. The highest BCUT2D eigenvalue weighted by atomic mass is 32.2. The van der Waals surface area contributed by atoms with Gasteiger partial charge in [-0.1, -0.05) is 13.8 Å². The van der Waals surface area contributed by atoms with E-state index in [1.807, 2.05) is 25.6 Å². The summed E-state index contributed by atoms with van der Waals surface area (Å²) in [6.45, 7) is 3.73. The largest absolute Gasteiger partial charge is 0.453 e. The lowest BCUT2D eigenvalue weighted by molar-refractivity contribution is -0.125. The fraction of sp³-hybridized carbons (Fsp3) is 0.833. The molecule has 17 heavy (non-hydrogen) atoms. The fourth-order valence-corrected chi connectivity index (χ4v) is 3.16. The van der Waals surface area contributed by atoms with Crippen molar-refractivity contribution in [2.45, 2.75) is 32.7 Å². The van der Waals surface area contributed by atoms with Crippen LogP contribution in [0.2, 0.25) is 0 Å². The molecule has 1 N–H and O–H groups in total. The molecular weight excluding hydrogens is 238 g/mol. The zero-order chi connectivity index (χ0) is 12.8. The van der Waals surface area contributed by atoms with E-state index in [9.17, 15) is 9.59 Å². The number of amides is 1.